The van der Waals surface area contributed by atoms with Crippen LogP contribution < -0.4 is 0 Å². The number of carboxylic acid groups (broad SMARTS) is 1. The molecule has 2 atom stereocenters. The van der Waals surface area contributed by atoms with Gasteiger partial charge in [0.2, 0.25) is 0 Å². The second-order valence-electron chi connectivity index (χ2n) is 5.05. The van der Waals surface area contributed by atoms with E-state index < -0.39 is 42.5 Å². The van der Waals surface area contributed by atoms with Crippen LogP contribution in [0.15, 0.2) is 12.2 Å². The molecule has 1 aliphatic carbocycles. The van der Waals surface area contributed by atoms with Gasteiger partial charge in [0.1, 0.15) is 6.61 Å². The predicted octanol–water partition coefficient (Wildman–Crippen LogP) is 2.40. The van der Waals surface area contributed by atoms with Gasteiger partial charge in [-0.1, -0.05) is 19.9 Å². The molecule has 7 heteroatoms. The van der Waals surface area contributed by atoms with E-state index in [-0.39, 0.29) is 5.92 Å². The Balaban J connectivity index is 2.38. The summed E-state index contributed by atoms with van der Waals surface area (Å²) in [6, 6.07) is 0. The molecular formula is C12H15F3O4. The van der Waals surface area contributed by atoms with Crippen molar-refractivity contribution in [1.82, 2.24) is 0 Å². The van der Waals surface area contributed by atoms with E-state index in [4.69, 9.17) is 5.11 Å². The Bertz CT molecular complexity index is 398. The average molecular weight is 280 g/mol. The van der Waals surface area contributed by atoms with Crippen molar-refractivity contribution in [2.45, 2.75) is 26.4 Å². The number of esters is 1. The van der Waals surface area contributed by atoms with Gasteiger partial charge < -0.3 is 9.84 Å². The summed E-state index contributed by atoms with van der Waals surface area (Å²) in [6.45, 7) is 2.76. The molecule has 0 heterocycles. The van der Waals surface area contributed by atoms with Gasteiger partial charge in [0.15, 0.2) is 0 Å². The van der Waals surface area contributed by atoms with Gasteiger partial charge in [-0.2, -0.15) is 13.2 Å². The number of halogens is 3. The molecule has 0 amide bonds. The molecular weight excluding hydrogens is 265 g/mol. The number of hydrogen-bond donors (Lipinski definition) is 1. The van der Waals surface area contributed by atoms with Gasteiger partial charge in [-0.05, 0) is 11.3 Å². The second kappa shape index (κ2) is 5.22. The van der Waals surface area contributed by atoms with E-state index in [1.807, 2.05) is 0 Å². The van der Waals surface area contributed by atoms with Crippen LogP contribution in [-0.4, -0.2) is 29.8 Å². The molecule has 0 aromatic carbocycles. The fourth-order valence-electron chi connectivity index (χ4n) is 2.01. The van der Waals surface area contributed by atoms with Crippen LogP contribution in [0.25, 0.3) is 0 Å². The van der Waals surface area contributed by atoms with Crippen LogP contribution in [0.3, 0.4) is 0 Å². The van der Waals surface area contributed by atoms with E-state index in [1.54, 1.807) is 13.8 Å². The molecule has 0 aromatic heterocycles. The molecule has 1 saturated carbocycles. The number of alkyl halides is 3. The van der Waals surface area contributed by atoms with Crippen molar-refractivity contribution < 1.29 is 32.6 Å². The average Bonchev–Trinajstić information content (AvgIpc) is 2.75. The molecule has 1 aliphatic rings. The summed E-state index contributed by atoms with van der Waals surface area (Å²) < 4.78 is 39.8. The molecule has 4 nitrogen and oxygen atoms in total. The number of rotatable bonds is 5. The minimum atomic E-state index is -4.36. The standard InChI is InChI=1S/C12H15F3O4/c1-11(2)7(9(11)10(17)18)3-4-8(16)19-6-5-12(13,14)15/h3-4,7,9H,5-6H2,1-2H3,(H,17,18)/b4-3-/t7-,9-/m0/s1. The zero-order valence-corrected chi connectivity index (χ0v) is 10.5. The summed E-state index contributed by atoms with van der Waals surface area (Å²) in [6.07, 6.45) is -3.18. The first-order valence-corrected chi connectivity index (χ1v) is 5.70. The highest BCUT2D eigenvalue weighted by Crippen LogP contribution is 2.58. The van der Waals surface area contributed by atoms with Crippen molar-refractivity contribution in [3.05, 3.63) is 12.2 Å². The number of carbonyl (C=O) groups is 2. The lowest BCUT2D eigenvalue weighted by Crippen LogP contribution is -2.13. The van der Waals surface area contributed by atoms with Gasteiger partial charge in [-0.15, -0.1) is 0 Å². The molecule has 0 radical (unpaired) electrons. The first-order chi connectivity index (χ1) is 8.55. The topological polar surface area (TPSA) is 63.6 Å². The maximum absolute atomic E-state index is 11.8. The van der Waals surface area contributed by atoms with Crippen molar-refractivity contribution in [2.75, 3.05) is 6.61 Å². The van der Waals surface area contributed by atoms with Crippen LogP contribution in [0, 0.1) is 17.3 Å². The van der Waals surface area contributed by atoms with Crippen LogP contribution >= 0.6 is 0 Å². The summed E-state index contributed by atoms with van der Waals surface area (Å²) in [5.41, 5.74) is -0.450. The molecule has 108 valence electrons. The predicted molar refractivity (Wildman–Crippen MR) is 59.2 cm³/mol. The third-order valence-electron chi connectivity index (χ3n) is 3.25. The van der Waals surface area contributed by atoms with Crippen molar-refractivity contribution in [2.24, 2.45) is 17.3 Å². The molecule has 1 rings (SSSR count). The number of ether oxygens (including phenoxy) is 1. The van der Waals surface area contributed by atoms with Crippen LogP contribution in [0.4, 0.5) is 13.2 Å². The summed E-state index contributed by atoms with van der Waals surface area (Å²) in [5.74, 6) is -2.73. The lowest BCUT2D eigenvalue weighted by Gasteiger charge is -2.05. The number of allylic oxidation sites excluding steroid dienone is 1. The van der Waals surface area contributed by atoms with Gasteiger partial charge in [-0.3, -0.25) is 4.79 Å². The van der Waals surface area contributed by atoms with Crippen LogP contribution in [-0.2, 0) is 14.3 Å². The Morgan fingerprint density at radius 3 is 2.37 bits per heavy atom. The zero-order valence-electron chi connectivity index (χ0n) is 10.5. The fraction of sp³-hybridized carbons (Fsp3) is 0.667. The van der Waals surface area contributed by atoms with Crippen LogP contribution in [0.2, 0.25) is 0 Å². The third kappa shape index (κ3) is 4.25. The fourth-order valence-corrected chi connectivity index (χ4v) is 2.01. The SMILES string of the molecule is CC1(C)[C@H](C(=O)O)[C@@H]1/C=C\C(=O)OCCC(F)(F)F. The molecule has 19 heavy (non-hydrogen) atoms. The Kier molecular flexibility index (Phi) is 4.27. The number of hydrogen-bond acceptors (Lipinski definition) is 3. The molecule has 1 N–H and O–H groups in total. The van der Waals surface area contributed by atoms with E-state index >= 15 is 0 Å². The Hall–Kier alpha value is -1.53. The largest absolute Gasteiger partial charge is 0.481 e. The number of aliphatic carboxylic acids is 1. The molecule has 1 fully saturated rings. The van der Waals surface area contributed by atoms with Gasteiger partial charge in [0, 0.05) is 6.08 Å². The smallest absolute Gasteiger partial charge is 0.392 e. The summed E-state index contributed by atoms with van der Waals surface area (Å²) in [4.78, 5) is 22.0. The first kappa shape index (κ1) is 15.5. The Morgan fingerprint density at radius 2 is 1.95 bits per heavy atom. The number of carbonyl (C=O) groups excluding carboxylic acids is 1. The third-order valence-corrected chi connectivity index (χ3v) is 3.25. The summed E-state index contributed by atoms with van der Waals surface area (Å²) >= 11 is 0. The molecule has 0 aromatic rings. The molecule has 0 unspecified atom stereocenters. The highest BCUT2D eigenvalue weighted by atomic mass is 19.4. The molecule has 0 saturated heterocycles. The lowest BCUT2D eigenvalue weighted by atomic mass is 10.1. The number of carboxylic acids is 1. The van der Waals surface area contributed by atoms with E-state index in [0.29, 0.717) is 0 Å². The maximum atomic E-state index is 11.8. The summed E-state index contributed by atoms with van der Waals surface area (Å²) in [5, 5.41) is 8.88. The van der Waals surface area contributed by atoms with E-state index in [2.05, 4.69) is 4.74 Å². The molecule has 0 bridgehead atoms. The van der Waals surface area contributed by atoms with E-state index in [9.17, 15) is 22.8 Å². The second-order valence-corrected chi connectivity index (χ2v) is 5.05. The van der Waals surface area contributed by atoms with E-state index in [0.717, 1.165) is 6.08 Å². The van der Waals surface area contributed by atoms with Crippen molar-refractivity contribution >= 4 is 11.9 Å². The zero-order chi connectivity index (χ0) is 14.8. The Morgan fingerprint density at radius 1 is 1.37 bits per heavy atom. The van der Waals surface area contributed by atoms with Gasteiger partial charge in [0.05, 0.1) is 12.3 Å². The minimum Gasteiger partial charge on any atom is -0.481 e. The van der Waals surface area contributed by atoms with Crippen molar-refractivity contribution in [1.29, 1.82) is 0 Å². The van der Waals surface area contributed by atoms with Gasteiger partial charge in [-0.25, -0.2) is 4.79 Å². The van der Waals surface area contributed by atoms with Gasteiger partial charge in [0.25, 0.3) is 0 Å². The Labute approximate surface area is 108 Å². The van der Waals surface area contributed by atoms with Gasteiger partial charge >= 0.3 is 18.1 Å². The quantitative estimate of drug-likeness (QED) is 0.620. The summed E-state index contributed by atoms with van der Waals surface area (Å²) in [7, 11) is 0. The highest BCUT2D eigenvalue weighted by Gasteiger charge is 2.60. The maximum Gasteiger partial charge on any atom is 0.392 e. The highest BCUT2D eigenvalue weighted by molar-refractivity contribution is 5.83. The van der Waals surface area contributed by atoms with Crippen LogP contribution in [0.1, 0.15) is 20.3 Å². The van der Waals surface area contributed by atoms with E-state index in [1.165, 1.54) is 6.08 Å². The van der Waals surface area contributed by atoms with Crippen LogP contribution in [0.5, 0.6) is 0 Å². The van der Waals surface area contributed by atoms with Crippen molar-refractivity contribution in [3.8, 4) is 0 Å². The lowest BCUT2D eigenvalue weighted by molar-refractivity contribution is -0.155. The molecule has 0 spiro atoms. The molecule has 0 aliphatic heterocycles. The minimum absolute atomic E-state index is 0.305. The normalized spacial score (nSPS) is 25.3. The first-order valence-electron chi connectivity index (χ1n) is 5.70. The monoisotopic (exact) mass is 280 g/mol. The van der Waals surface area contributed by atoms with Crippen molar-refractivity contribution in [3.63, 3.8) is 0 Å².